The van der Waals surface area contributed by atoms with Crippen molar-refractivity contribution in [2.75, 3.05) is 0 Å². The van der Waals surface area contributed by atoms with Crippen molar-refractivity contribution < 1.29 is 0 Å². The van der Waals surface area contributed by atoms with Crippen molar-refractivity contribution in [3.05, 3.63) is 55.1 Å². The van der Waals surface area contributed by atoms with Crippen LogP contribution in [0.2, 0.25) is 0 Å². The summed E-state index contributed by atoms with van der Waals surface area (Å²) >= 11 is 1.85. The molecule has 1 atom stereocenters. The summed E-state index contributed by atoms with van der Waals surface area (Å²) in [6.45, 7) is 5.82. The van der Waals surface area contributed by atoms with Crippen LogP contribution in [0.5, 0.6) is 0 Å². The molecule has 1 rings (SSSR count). The molecule has 1 aromatic carbocycles. The van der Waals surface area contributed by atoms with Crippen LogP contribution in [0.25, 0.3) is 0 Å². The van der Waals surface area contributed by atoms with Crippen molar-refractivity contribution in [3.63, 3.8) is 0 Å². The van der Waals surface area contributed by atoms with Gasteiger partial charge in [-0.2, -0.15) is 0 Å². The highest BCUT2D eigenvalue weighted by Crippen LogP contribution is 2.23. The number of allylic oxidation sites excluding steroid dienone is 2. The lowest BCUT2D eigenvalue weighted by Gasteiger charge is -2.04. The van der Waals surface area contributed by atoms with Gasteiger partial charge in [-0.25, -0.2) is 0 Å². The zero-order valence-corrected chi connectivity index (χ0v) is 8.63. The maximum Gasteiger partial charge on any atom is 0.0249 e. The number of rotatable bonds is 4. The Hall–Kier alpha value is -0.950. The first-order valence-corrected chi connectivity index (χ1v) is 5.22. The summed E-state index contributed by atoms with van der Waals surface area (Å²) in [6, 6.07) is 10.4. The third-order valence-corrected chi connectivity index (χ3v) is 2.66. The largest absolute Gasteiger partial charge is 0.119 e. The van der Waals surface area contributed by atoms with Gasteiger partial charge in [0.1, 0.15) is 0 Å². The second-order valence-corrected chi connectivity index (χ2v) is 4.21. The molecule has 0 aliphatic carbocycles. The van der Waals surface area contributed by atoms with E-state index in [9.17, 15) is 0 Å². The Labute approximate surface area is 84.4 Å². The average molecular weight is 190 g/mol. The average Bonchev–Trinajstić information content (AvgIpc) is 2.16. The first-order chi connectivity index (χ1) is 6.33. The summed E-state index contributed by atoms with van der Waals surface area (Å²) in [4.78, 5) is 1.31. The molecule has 0 aliphatic rings. The highest BCUT2D eigenvalue weighted by atomic mass is 32.2. The maximum atomic E-state index is 3.64. The van der Waals surface area contributed by atoms with E-state index in [4.69, 9.17) is 0 Å². The molecular weight excluding hydrogens is 176 g/mol. The topological polar surface area (TPSA) is 0 Å². The Kier molecular flexibility index (Phi) is 4.41. The van der Waals surface area contributed by atoms with Gasteiger partial charge >= 0.3 is 0 Å². The third kappa shape index (κ3) is 4.00. The second kappa shape index (κ2) is 5.65. The van der Waals surface area contributed by atoms with E-state index in [1.807, 2.05) is 30.0 Å². The molecule has 68 valence electrons. The van der Waals surface area contributed by atoms with Crippen molar-refractivity contribution in [1.82, 2.24) is 0 Å². The van der Waals surface area contributed by atoms with Gasteiger partial charge in [0.15, 0.2) is 0 Å². The Balaban J connectivity index is 2.50. The summed E-state index contributed by atoms with van der Waals surface area (Å²) in [6.07, 6.45) is 5.94. The van der Waals surface area contributed by atoms with Crippen LogP contribution in [0.15, 0.2) is 60.0 Å². The Morgan fingerprint density at radius 1 is 1.31 bits per heavy atom. The molecule has 1 aromatic rings. The number of hydrogen-bond acceptors (Lipinski definition) is 1. The Bertz CT molecular complexity index is 274. The van der Waals surface area contributed by atoms with Gasteiger partial charge in [0, 0.05) is 10.1 Å². The number of benzene rings is 1. The fourth-order valence-electron chi connectivity index (χ4n) is 0.988. The van der Waals surface area contributed by atoms with Crippen molar-refractivity contribution >= 4 is 11.8 Å². The van der Waals surface area contributed by atoms with Gasteiger partial charge in [0.2, 0.25) is 0 Å². The minimum absolute atomic E-state index is 0.500. The van der Waals surface area contributed by atoms with Gasteiger partial charge < -0.3 is 0 Å². The van der Waals surface area contributed by atoms with E-state index in [0.717, 1.165) is 0 Å². The number of hydrogen-bond donors (Lipinski definition) is 0. The molecule has 0 N–H and O–H groups in total. The standard InChI is InChI=1S/C12H14S/c1-3-4-8-11(2)13-12-9-6-5-7-10-12/h3-11H,1H2,2H3/b8-4+. The quantitative estimate of drug-likeness (QED) is 0.512. The first-order valence-electron chi connectivity index (χ1n) is 4.34. The lowest BCUT2D eigenvalue weighted by molar-refractivity contribution is 1.23. The van der Waals surface area contributed by atoms with Crippen LogP contribution < -0.4 is 0 Å². The second-order valence-electron chi connectivity index (χ2n) is 2.76. The molecule has 0 bridgehead atoms. The predicted molar refractivity (Wildman–Crippen MR) is 61.1 cm³/mol. The minimum atomic E-state index is 0.500. The highest BCUT2D eigenvalue weighted by molar-refractivity contribution is 8.00. The summed E-state index contributed by atoms with van der Waals surface area (Å²) in [5.74, 6) is 0. The summed E-state index contributed by atoms with van der Waals surface area (Å²) < 4.78 is 0. The van der Waals surface area contributed by atoms with Crippen LogP contribution >= 0.6 is 11.8 Å². The van der Waals surface area contributed by atoms with Crippen LogP contribution in [0.4, 0.5) is 0 Å². The van der Waals surface area contributed by atoms with Crippen molar-refractivity contribution in [1.29, 1.82) is 0 Å². The smallest absolute Gasteiger partial charge is 0.0249 e. The monoisotopic (exact) mass is 190 g/mol. The van der Waals surface area contributed by atoms with Crippen LogP contribution in [-0.4, -0.2) is 5.25 Å². The lowest BCUT2D eigenvalue weighted by atomic mass is 10.4. The van der Waals surface area contributed by atoms with Crippen LogP contribution in [-0.2, 0) is 0 Å². The molecule has 0 nitrogen and oxygen atoms in total. The van der Waals surface area contributed by atoms with Gasteiger partial charge in [-0.3, -0.25) is 0 Å². The fourth-order valence-corrected chi connectivity index (χ4v) is 1.90. The normalized spacial score (nSPS) is 13.0. The molecule has 0 saturated heterocycles. The van der Waals surface area contributed by atoms with Crippen molar-refractivity contribution in [2.45, 2.75) is 17.1 Å². The van der Waals surface area contributed by atoms with Crippen molar-refractivity contribution in [3.8, 4) is 0 Å². The molecule has 0 aliphatic heterocycles. The van der Waals surface area contributed by atoms with E-state index in [-0.39, 0.29) is 0 Å². The van der Waals surface area contributed by atoms with E-state index < -0.39 is 0 Å². The molecule has 0 amide bonds. The van der Waals surface area contributed by atoms with E-state index >= 15 is 0 Å². The van der Waals surface area contributed by atoms with Crippen LogP contribution in [0, 0.1) is 0 Å². The molecule has 1 unspecified atom stereocenters. The van der Waals surface area contributed by atoms with E-state index in [1.165, 1.54) is 4.90 Å². The molecule has 13 heavy (non-hydrogen) atoms. The number of thioether (sulfide) groups is 1. The molecule has 0 spiro atoms. The van der Waals surface area contributed by atoms with Crippen LogP contribution in [0.1, 0.15) is 6.92 Å². The van der Waals surface area contributed by atoms with Gasteiger partial charge in [-0.15, -0.1) is 11.8 Å². The van der Waals surface area contributed by atoms with E-state index in [0.29, 0.717) is 5.25 Å². The third-order valence-electron chi connectivity index (χ3n) is 1.58. The van der Waals surface area contributed by atoms with E-state index in [2.05, 4.69) is 43.8 Å². The molecule has 1 heteroatoms. The van der Waals surface area contributed by atoms with Gasteiger partial charge in [0.25, 0.3) is 0 Å². The Morgan fingerprint density at radius 3 is 2.62 bits per heavy atom. The molecular formula is C12H14S. The molecule has 0 radical (unpaired) electrons. The molecule has 0 aromatic heterocycles. The minimum Gasteiger partial charge on any atom is -0.119 e. The summed E-state index contributed by atoms with van der Waals surface area (Å²) in [5.41, 5.74) is 0. The van der Waals surface area contributed by atoms with Crippen LogP contribution in [0.3, 0.4) is 0 Å². The molecule has 0 fully saturated rings. The lowest BCUT2D eigenvalue weighted by Crippen LogP contribution is -1.88. The SMILES string of the molecule is C=C/C=C/C(C)Sc1ccccc1. The summed E-state index contributed by atoms with van der Waals surface area (Å²) in [5, 5.41) is 0.500. The zero-order chi connectivity index (χ0) is 9.52. The summed E-state index contributed by atoms with van der Waals surface area (Å²) in [7, 11) is 0. The highest BCUT2D eigenvalue weighted by Gasteiger charge is 1.97. The molecule has 0 saturated carbocycles. The molecule has 0 heterocycles. The Morgan fingerprint density at radius 2 is 2.00 bits per heavy atom. The first kappa shape index (κ1) is 10.1. The zero-order valence-electron chi connectivity index (χ0n) is 7.81. The van der Waals surface area contributed by atoms with Gasteiger partial charge in [-0.05, 0) is 19.1 Å². The van der Waals surface area contributed by atoms with Gasteiger partial charge in [-0.1, -0.05) is 43.0 Å². The predicted octanol–water partition coefficient (Wildman–Crippen LogP) is 3.91. The maximum absolute atomic E-state index is 3.64. The van der Waals surface area contributed by atoms with Gasteiger partial charge in [0.05, 0.1) is 0 Å². The van der Waals surface area contributed by atoms with E-state index in [1.54, 1.807) is 0 Å². The van der Waals surface area contributed by atoms with Crippen molar-refractivity contribution in [2.24, 2.45) is 0 Å². The fraction of sp³-hybridized carbons (Fsp3) is 0.167.